The van der Waals surface area contributed by atoms with E-state index < -0.39 is 18.0 Å². The van der Waals surface area contributed by atoms with Crippen LogP contribution in [0.3, 0.4) is 0 Å². The van der Waals surface area contributed by atoms with E-state index in [1.54, 1.807) is 0 Å². The molecule has 0 bridgehead atoms. The summed E-state index contributed by atoms with van der Waals surface area (Å²) in [7, 11) is 0. The molecule has 1 aromatic carbocycles. The number of aliphatic hydroxyl groups is 2. The molecule has 0 aliphatic rings. The van der Waals surface area contributed by atoms with Gasteiger partial charge in [0.15, 0.2) is 0 Å². The Labute approximate surface area is 99.3 Å². The maximum absolute atomic E-state index is 13.3. The topological polar surface area (TPSA) is 89.2 Å². The Hall–Kier alpha value is -1.14. The molecule has 2 N–H and O–H groups in total. The average Bonchev–Trinajstić information content (AvgIpc) is 2.28. The van der Waals surface area contributed by atoms with Gasteiger partial charge in [-0.2, -0.15) is 0 Å². The summed E-state index contributed by atoms with van der Waals surface area (Å²) in [4.78, 5) is 2.44. The number of rotatable bonds is 4. The summed E-state index contributed by atoms with van der Waals surface area (Å²) < 4.78 is 13.9. The third-order valence-electron chi connectivity index (χ3n) is 1.97. The number of hydrogen-bond donors (Lipinski definition) is 2. The summed E-state index contributed by atoms with van der Waals surface area (Å²) in [5.41, 5.74) is 8.00. The molecule has 0 heterocycles. The molecule has 86 valence electrons. The zero-order valence-corrected chi connectivity index (χ0v) is 9.67. The molecule has 2 unspecified atom stereocenters. The second-order valence-electron chi connectivity index (χ2n) is 3.09. The molecule has 1 rings (SSSR count). The molecule has 0 saturated heterocycles. The van der Waals surface area contributed by atoms with Crippen molar-refractivity contribution < 1.29 is 14.6 Å². The molecule has 16 heavy (non-hydrogen) atoms. The van der Waals surface area contributed by atoms with E-state index in [4.69, 9.17) is 5.53 Å². The maximum atomic E-state index is 13.3. The van der Waals surface area contributed by atoms with Crippen molar-refractivity contribution in [2.24, 2.45) is 5.11 Å². The van der Waals surface area contributed by atoms with Crippen molar-refractivity contribution in [3.8, 4) is 0 Å². The van der Waals surface area contributed by atoms with E-state index >= 15 is 0 Å². The van der Waals surface area contributed by atoms with Crippen LogP contribution in [0, 0.1) is 5.82 Å². The molecule has 0 aliphatic heterocycles. The summed E-state index contributed by atoms with van der Waals surface area (Å²) >= 11 is 3.13. The highest BCUT2D eigenvalue weighted by Crippen LogP contribution is 2.24. The third kappa shape index (κ3) is 3.18. The Bertz CT molecular complexity index is 423. The minimum atomic E-state index is -1.43. The Morgan fingerprint density at radius 1 is 1.50 bits per heavy atom. The second-order valence-corrected chi connectivity index (χ2v) is 4.01. The lowest BCUT2D eigenvalue weighted by molar-refractivity contribution is 0.0222. The molecule has 7 heteroatoms. The van der Waals surface area contributed by atoms with Crippen molar-refractivity contribution >= 4 is 15.9 Å². The first-order valence-electron chi connectivity index (χ1n) is 4.38. The molecule has 0 radical (unpaired) electrons. The quantitative estimate of drug-likeness (QED) is 0.506. The van der Waals surface area contributed by atoms with Crippen LogP contribution in [0.1, 0.15) is 11.7 Å². The van der Waals surface area contributed by atoms with Crippen LogP contribution in [0.15, 0.2) is 27.8 Å². The molecule has 0 aliphatic carbocycles. The van der Waals surface area contributed by atoms with Gasteiger partial charge >= 0.3 is 0 Å². The number of aliphatic hydroxyl groups excluding tert-OH is 2. The number of nitrogens with zero attached hydrogens (tertiary/aromatic N) is 3. The minimum Gasteiger partial charge on any atom is -0.390 e. The summed E-state index contributed by atoms with van der Waals surface area (Å²) in [5, 5.41) is 22.2. The molecule has 0 fully saturated rings. The fourth-order valence-electron chi connectivity index (χ4n) is 1.17. The summed E-state index contributed by atoms with van der Waals surface area (Å²) in [6.07, 6.45) is -2.76. The van der Waals surface area contributed by atoms with Gasteiger partial charge in [-0.05, 0) is 23.7 Å². The molecule has 2 atom stereocenters. The Kier molecular flexibility index (Phi) is 4.70. The van der Waals surface area contributed by atoms with Gasteiger partial charge in [0.1, 0.15) is 11.9 Å². The van der Waals surface area contributed by atoms with E-state index in [0.29, 0.717) is 4.47 Å². The van der Waals surface area contributed by atoms with Crippen LogP contribution in [0.25, 0.3) is 10.4 Å². The predicted octanol–water partition coefficient (Wildman–Crippen LogP) is 2.29. The maximum Gasteiger partial charge on any atom is 0.129 e. The van der Waals surface area contributed by atoms with Crippen LogP contribution in [0.5, 0.6) is 0 Å². The first-order valence-corrected chi connectivity index (χ1v) is 5.17. The zero-order valence-electron chi connectivity index (χ0n) is 8.09. The molecule has 5 nitrogen and oxygen atoms in total. The minimum absolute atomic E-state index is 0.0463. The van der Waals surface area contributed by atoms with Gasteiger partial charge in [-0.1, -0.05) is 21.0 Å². The highest BCUT2D eigenvalue weighted by atomic mass is 79.9. The lowest BCUT2D eigenvalue weighted by Gasteiger charge is -2.17. The standard InChI is InChI=1S/C9H9BrFN3O2/c10-5-1-2-7(11)6(3-5)9(16)8(15)4-13-14-12/h1-3,8-9,15-16H,4H2. The largest absolute Gasteiger partial charge is 0.390 e. The van der Waals surface area contributed by atoms with Crippen LogP contribution in [-0.2, 0) is 0 Å². The molecule has 0 amide bonds. The van der Waals surface area contributed by atoms with Crippen LogP contribution in [-0.4, -0.2) is 22.9 Å². The number of azide groups is 1. The van der Waals surface area contributed by atoms with E-state index in [-0.39, 0.29) is 12.1 Å². The van der Waals surface area contributed by atoms with Gasteiger partial charge in [-0.3, -0.25) is 0 Å². The first kappa shape index (κ1) is 12.9. The first-order chi connectivity index (χ1) is 7.56. The Morgan fingerprint density at radius 2 is 2.19 bits per heavy atom. The Morgan fingerprint density at radius 3 is 2.81 bits per heavy atom. The van der Waals surface area contributed by atoms with Crippen molar-refractivity contribution in [1.29, 1.82) is 0 Å². The van der Waals surface area contributed by atoms with E-state index in [1.165, 1.54) is 18.2 Å². The van der Waals surface area contributed by atoms with Crippen LogP contribution in [0.4, 0.5) is 4.39 Å². The molecule has 1 aromatic rings. The van der Waals surface area contributed by atoms with Gasteiger partial charge in [0.25, 0.3) is 0 Å². The summed E-state index contributed by atoms with van der Waals surface area (Å²) in [6.45, 7) is -0.316. The van der Waals surface area contributed by atoms with Crippen molar-refractivity contribution in [2.75, 3.05) is 6.54 Å². The highest BCUT2D eigenvalue weighted by Gasteiger charge is 2.21. The van der Waals surface area contributed by atoms with Crippen molar-refractivity contribution in [3.05, 3.63) is 44.5 Å². The summed E-state index contributed by atoms with van der Waals surface area (Å²) in [5.74, 6) is -0.629. The molecule has 0 saturated carbocycles. The van der Waals surface area contributed by atoms with Gasteiger partial charge in [0.05, 0.1) is 12.6 Å². The van der Waals surface area contributed by atoms with E-state index in [2.05, 4.69) is 26.0 Å². The molecule has 0 aromatic heterocycles. The molecular formula is C9H9BrFN3O2. The fraction of sp³-hybridized carbons (Fsp3) is 0.333. The lowest BCUT2D eigenvalue weighted by atomic mass is 10.0. The monoisotopic (exact) mass is 289 g/mol. The van der Waals surface area contributed by atoms with E-state index in [1.807, 2.05) is 0 Å². The van der Waals surface area contributed by atoms with Crippen LogP contribution >= 0.6 is 15.9 Å². The van der Waals surface area contributed by atoms with Gasteiger partial charge in [-0.15, -0.1) is 0 Å². The van der Waals surface area contributed by atoms with Crippen LogP contribution in [0.2, 0.25) is 0 Å². The summed E-state index contributed by atoms with van der Waals surface area (Å²) in [6, 6.07) is 4.01. The molecular weight excluding hydrogens is 281 g/mol. The van der Waals surface area contributed by atoms with E-state index in [9.17, 15) is 14.6 Å². The normalized spacial score (nSPS) is 14.0. The van der Waals surface area contributed by atoms with Crippen LogP contribution < -0.4 is 0 Å². The average molecular weight is 290 g/mol. The molecule has 0 spiro atoms. The third-order valence-corrected chi connectivity index (χ3v) is 2.47. The van der Waals surface area contributed by atoms with Gasteiger partial charge in [-0.25, -0.2) is 4.39 Å². The predicted molar refractivity (Wildman–Crippen MR) is 59.1 cm³/mol. The highest BCUT2D eigenvalue weighted by molar-refractivity contribution is 9.10. The number of halogens is 2. The van der Waals surface area contributed by atoms with E-state index in [0.717, 1.165) is 0 Å². The smallest absolute Gasteiger partial charge is 0.129 e. The SMILES string of the molecule is [N-]=[N+]=NCC(O)C(O)c1cc(Br)ccc1F. The number of hydrogen-bond acceptors (Lipinski definition) is 3. The van der Waals surface area contributed by atoms with Gasteiger partial charge < -0.3 is 10.2 Å². The van der Waals surface area contributed by atoms with Crippen molar-refractivity contribution in [3.63, 3.8) is 0 Å². The van der Waals surface area contributed by atoms with Crippen molar-refractivity contribution in [1.82, 2.24) is 0 Å². The van der Waals surface area contributed by atoms with Crippen molar-refractivity contribution in [2.45, 2.75) is 12.2 Å². The lowest BCUT2D eigenvalue weighted by Crippen LogP contribution is -2.22. The van der Waals surface area contributed by atoms with Gasteiger partial charge in [0, 0.05) is 14.9 Å². The number of benzene rings is 1. The van der Waals surface area contributed by atoms with Gasteiger partial charge in [0.2, 0.25) is 0 Å². The fourth-order valence-corrected chi connectivity index (χ4v) is 1.55. The second kappa shape index (κ2) is 5.81. The zero-order chi connectivity index (χ0) is 12.1. The Balaban J connectivity index is 2.90.